The first kappa shape index (κ1) is 7.65. The van der Waals surface area contributed by atoms with E-state index in [-0.39, 0.29) is 0 Å². The lowest BCUT2D eigenvalue weighted by molar-refractivity contribution is 1.17. The van der Waals surface area contributed by atoms with Crippen molar-refractivity contribution in [3.8, 4) is 0 Å². The Kier molecular flexibility index (Phi) is 1.75. The van der Waals surface area contributed by atoms with Crippen LogP contribution in [0.3, 0.4) is 0 Å². The van der Waals surface area contributed by atoms with Gasteiger partial charge in [-0.15, -0.1) is 22.2 Å². The summed E-state index contributed by atoms with van der Waals surface area (Å²) in [6, 6.07) is 9.22. The molecule has 3 heteroatoms. The Morgan fingerprint density at radius 1 is 1.18 bits per heavy atom. The molecule has 0 saturated carbocycles. The number of hydrogen-bond acceptors (Lipinski definition) is 0. The first-order valence-electron chi connectivity index (χ1n) is 3.66. The molecular weight excluding hydrogens is 195 g/mol. The molecule has 0 nitrogen and oxygen atoms in total. The summed E-state index contributed by atoms with van der Waals surface area (Å²) in [7, 11) is 0. The van der Waals surface area contributed by atoms with Crippen molar-refractivity contribution in [1.82, 2.24) is 0 Å². The van der Waals surface area contributed by atoms with Gasteiger partial charge in [-0.2, -0.15) is 0 Å². The molecule has 2 rings (SSSR count). The molecule has 0 amide bonds. The van der Waals surface area contributed by atoms with Gasteiger partial charge in [-0.05, 0) is 23.2 Å². The van der Waals surface area contributed by atoms with E-state index in [1.165, 1.54) is 10.8 Å². The molecular formula is C8H8Cl2Si. The minimum Gasteiger partial charge on any atom is -0.140 e. The van der Waals surface area contributed by atoms with Crippen LogP contribution in [-0.2, 0) is 6.42 Å². The van der Waals surface area contributed by atoms with E-state index in [4.69, 9.17) is 22.2 Å². The average molecular weight is 203 g/mol. The van der Waals surface area contributed by atoms with E-state index in [1.807, 2.05) is 12.1 Å². The van der Waals surface area contributed by atoms with Crippen LogP contribution in [0.5, 0.6) is 0 Å². The molecule has 0 unspecified atom stereocenters. The minimum atomic E-state index is -2.02. The third-order valence-corrected chi connectivity index (χ3v) is 6.63. The summed E-state index contributed by atoms with van der Waals surface area (Å²) in [5.41, 5.74) is 1.35. The van der Waals surface area contributed by atoms with E-state index in [0.717, 1.165) is 12.5 Å². The summed E-state index contributed by atoms with van der Waals surface area (Å²) in [4.78, 5) is 0. The molecule has 1 aromatic carbocycles. The molecule has 1 aliphatic heterocycles. The summed E-state index contributed by atoms with van der Waals surface area (Å²) < 4.78 is 0. The second-order valence-corrected chi connectivity index (χ2v) is 9.76. The molecule has 0 saturated heterocycles. The summed E-state index contributed by atoms with van der Waals surface area (Å²) in [5.74, 6) is 0. The number of aryl methyl sites for hydroxylation is 1. The molecule has 0 bridgehead atoms. The third-order valence-electron chi connectivity index (χ3n) is 2.12. The van der Waals surface area contributed by atoms with E-state index in [9.17, 15) is 0 Å². The van der Waals surface area contributed by atoms with Gasteiger partial charge in [0, 0.05) is 0 Å². The lowest BCUT2D eigenvalue weighted by Crippen LogP contribution is -2.32. The second-order valence-electron chi connectivity index (χ2n) is 2.86. The van der Waals surface area contributed by atoms with Crippen LogP contribution in [-0.4, -0.2) is 6.69 Å². The molecule has 1 aromatic rings. The molecule has 0 fully saturated rings. The summed E-state index contributed by atoms with van der Waals surface area (Å²) in [6.45, 7) is -2.02. The monoisotopic (exact) mass is 202 g/mol. The molecule has 0 radical (unpaired) electrons. The molecule has 58 valence electrons. The first-order chi connectivity index (χ1) is 5.20. The van der Waals surface area contributed by atoms with Crippen LogP contribution in [0.25, 0.3) is 0 Å². The van der Waals surface area contributed by atoms with Crippen molar-refractivity contribution in [2.45, 2.75) is 12.5 Å². The smallest absolute Gasteiger partial charge is 0.140 e. The number of halogens is 2. The maximum Gasteiger partial charge on any atom is 0.281 e. The van der Waals surface area contributed by atoms with Gasteiger partial charge in [-0.25, -0.2) is 0 Å². The molecule has 0 aromatic heterocycles. The van der Waals surface area contributed by atoms with Crippen molar-refractivity contribution in [2.24, 2.45) is 0 Å². The normalized spacial score (nSPS) is 19.8. The number of benzene rings is 1. The average Bonchev–Trinajstić information content (AvgIpc) is 2.29. The molecule has 0 aliphatic carbocycles. The SMILES string of the molecule is Cl[Si]1(Cl)CCc2ccccc21. The van der Waals surface area contributed by atoms with Gasteiger partial charge in [0.1, 0.15) is 0 Å². The number of hydrogen-bond donors (Lipinski definition) is 0. The van der Waals surface area contributed by atoms with Gasteiger partial charge < -0.3 is 0 Å². The number of fused-ring (bicyclic) bond motifs is 1. The van der Waals surface area contributed by atoms with Crippen molar-refractivity contribution in [2.75, 3.05) is 0 Å². The highest BCUT2D eigenvalue weighted by Gasteiger charge is 2.37. The van der Waals surface area contributed by atoms with Gasteiger partial charge in [0.05, 0.1) is 0 Å². The molecule has 0 spiro atoms. The van der Waals surface area contributed by atoms with E-state index in [1.54, 1.807) is 0 Å². The highest BCUT2D eigenvalue weighted by molar-refractivity contribution is 7.51. The van der Waals surface area contributed by atoms with Crippen molar-refractivity contribution < 1.29 is 0 Å². The van der Waals surface area contributed by atoms with Gasteiger partial charge in [0.25, 0.3) is 6.69 Å². The Labute approximate surface area is 76.6 Å². The predicted molar refractivity (Wildman–Crippen MR) is 52.0 cm³/mol. The Hall–Kier alpha value is 0.0169. The van der Waals surface area contributed by atoms with Crippen LogP contribution in [0.4, 0.5) is 0 Å². The fraction of sp³-hybridized carbons (Fsp3) is 0.250. The molecule has 0 N–H and O–H groups in total. The third kappa shape index (κ3) is 1.22. The van der Waals surface area contributed by atoms with E-state index < -0.39 is 6.69 Å². The zero-order valence-corrected chi connectivity index (χ0v) is 8.49. The lowest BCUT2D eigenvalue weighted by Gasteiger charge is -2.08. The molecule has 11 heavy (non-hydrogen) atoms. The Bertz CT molecular complexity index is 283. The number of rotatable bonds is 0. The van der Waals surface area contributed by atoms with Gasteiger partial charge >= 0.3 is 0 Å². The van der Waals surface area contributed by atoms with Crippen LogP contribution in [0.1, 0.15) is 5.56 Å². The maximum absolute atomic E-state index is 6.20. The summed E-state index contributed by atoms with van der Waals surface area (Å²) in [6.07, 6.45) is 1.06. The first-order valence-corrected chi connectivity index (χ1v) is 7.89. The molecule has 0 atom stereocenters. The van der Waals surface area contributed by atoms with E-state index in [0.29, 0.717) is 0 Å². The Balaban J connectivity index is 2.56. The zero-order chi connectivity index (χ0) is 7.90. The second kappa shape index (κ2) is 2.51. The molecule has 1 heterocycles. The van der Waals surface area contributed by atoms with Crippen LogP contribution >= 0.6 is 22.2 Å². The van der Waals surface area contributed by atoms with Gasteiger partial charge in [-0.1, -0.05) is 24.3 Å². The van der Waals surface area contributed by atoms with Crippen LogP contribution in [0, 0.1) is 0 Å². The fourth-order valence-corrected chi connectivity index (χ4v) is 5.07. The summed E-state index contributed by atoms with van der Waals surface area (Å²) in [5, 5.41) is 1.23. The topological polar surface area (TPSA) is 0 Å². The fourth-order valence-electron chi connectivity index (χ4n) is 1.52. The van der Waals surface area contributed by atoms with E-state index >= 15 is 0 Å². The standard InChI is InChI=1S/C8H8Cl2Si/c9-11(10)6-5-7-3-1-2-4-8(7)11/h1-4H,5-6H2. The largest absolute Gasteiger partial charge is 0.281 e. The van der Waals surface area contributed by atoms with Gasteiger partial charge in [0.2, 0.25) is 0 Å². The van der Waals surface area contributed by atoms with E-state index in [2.05, 4.69) is 12.1 Å². The highest BCUT2D eigenvalue weighted by Crippen LogP contribution is 2.29. The van der Waals surface area contributed by atoms with Crippen molar-refractivity contribution in [3.63, 3.8) is 0 Å². The maximum atomic E-state index is 6.20. The van der Waals surface area contributed by atoms with Gasteiger partial charge in [-0.3, -0.25) is 0 Å². The van der Waals surface area contributed by atoms with Gasteiger partial charge in [0.15, 0.2) is 0 Å². The lowest BCUT2D eigenvalue weighted by atomic mass is 10.2. The van der Waals surface area contributed by atoms with Crippen LogP contribution in [0.2, 0.25) is 6.04 Å². The highest BCUT2D eigenvalue weighted by atomic mass is 35.7. The predicted octanol–water partition coefficient (Wildman–Crippen LogP) is 2.37. The Morgan fingerprint density at radius 3 is 2.64 bits per heavy atom. The minimum absolute atomic E-state index is 0.982. The Morgan fingerprint density at radius 2 is 1.91 bits per heavy atom. The zero-order valence-electron chi connectivity index (χ0n) is 5.98. The quantitative estimate of drug-likeness (QED) is 0.448. The van der Waals surface area contributed by atoms with Crippen molar-refractivity contribution in [1.29, 1.82) is 0 Å². The van der Waals surface area contributed by atoms with Crippen molar-refractivity contribution in [3.05, 3.63) is 29.8 Å². The van der Waals surface area contributed by atoms with Crippen LogP contribution in [0.15, 0.2) is 24.3 Å². The van der Waals surface area contributed by atoms with Crippen molar-refractivity contribution >= 4 is 34.0 Å². The molecule has 1 aliphatic rings. The summed E-state index contributed by atoms with van der Waals surface area (Å²) >= 11 is 12.4. The van der Waals surface area contributed by atoms with Crippen LogP contribution < -0.4 is 5.19 Å².